The van der Waals surface area contributed by atoms with Crippen LogP contribution in [0.15, 0.2) is 84.0 Å². The van der Waals surface area contributed by atoms with Gasteiger partial charge in [-0.05, 0) is 36.4 Å². The molecule has 0 saturated carbocycles. The molecule has 3 aromatic carbocycles. The van der Waals surface area contributed by atoms with Gasteiger partial charge in [-0.1, -0.05) is 54.2 Å². The minimum absolute atomic E-state index is 0.226. The lowest BCUT2D eigenvalue weighted by atomic mass is 10.1. The molecule has 0 saturated heterocycles. The SMILES string of the molecule is O=C(CSc1nnc(-c2ccccc2F)n1-c1ccccc1)Nc1ccccc1C(F)(F)F. The summed E-state index contributed by atoms with van der Waals surface area (Å²) in [6, 6.07) is 19.8. The standard InChI is InChI=1S/C23H16F4N4OS/c24-18-12-6-4-10-16(18)21-29-30-22(31(21)15-8-2-1-3-9-15)33-14-20(32)28-19-13-7-5-11-17(19)23(25,26)27/h1-13H,14H2,(H,28,32). The Morgan fingerprint density at radius 3 is 2.30 bits per heavy atom. The maximum atomic E-state index is 14.4. The summed E-state index contributed by atoms with van der Waals surface area (Å²) < 4.78 is 55.6. The van der Waals surface area contributed by atoms with Crippen LogP contribution in [-0.4, -0.2) is 26.4 Å². The average Bonchev–Trinajstić information content (AvgIpc) is 3.22. The van der Waals surface area contributed by atoms with E-state index in [-0.39, 0.29) is 22.8 Å². The number of rotatable bonds is 6. The number of carbonyl (C=O) groups is 1. The van der Waals surface area contributed by atoms with Crippen LogP contribution in [0.3, 0.4) is 0 Å². The lowest BCUT2D eigenvalue weighted by Gasteiger charge is -2.13. The quantitative estimate of drug-likeness (QED) is 0.284. The van der Waals surface area contributed by atoms with Crippen LogP contribution in [0.2, 0.25) is 0 Å². The zero-order chi connectivity index (χ0) is 23.4. The molecular formula is C23H16F4N4OS. The molecule has 0 atom stereocenters. The lowest BCUT2D eigenvalue weighted by Crippen LogP contribution is -2.18. The highest BCUT2D eigenvalue weighted by Gasteiger charge is 2.33. The van der Waals surface area contributed by atoms with Crippen molar-refractivity contribution in [1.82, 2.24) is 14.8 Å². The summed E-state index contributed by atoms with van der Waals surface area (Å²) in [6.07, 6.45) is -4.60. The number of benzene rings is 3. The van der Waals surface area contributed by atoms with E-state index in [1.807, 2.05) is 6.07 Å². The van der Waals surface area contributed by atoms with Crippen molar-refractivity contribution >= 4 is 23.4 Å². The molecule has 4 aromatic rings. The van der Waals surface area contributed by atoms with E-state index in [0.29, 0.717) is 10.8 Å². The Kier molecular flexibility index (Phi) is 6.45. The smallest absolute Gasteiger partial charge is 0.325 e. The predicted molar refractivity (Wildman–Crippen MR) is 118 cm³/mol. The summed E-state index contributed by atoms with van der Waals surface area (Å²) in [5, 5.41) is 10.8. The molecule has 5 nitrogen and oxygen atoms in total. The molecule has 33 heavy (non-hydrogen) atoms. The van der Waals surface area contributed by atoms with E-state index in [9.17, 15) is 22.4 Å². The summed E-state index contributed by atoms with van der Waals surface area (Å²) in [4.78, 5) is 12.4. The summed E-state index contributed by atoms with van der Waals surface area (Å²) in [6.45, 7) is 0. The summed E-state index contributed by atoms with van der Waals surface area (Å²) >= 11 is 0.978. The third-order valence-corrected chi connectivity index (χ3v) is 5.53. The van der Waals surface area contributed by atoms with E-state index in [0.717, 1.165) is 17.8 Å². The van der Waals surface area contributed by atoms with Crippen LogP contribution in [-0.2, 0) is 11.0 Å². The molecule has 1 heterocycles. The topological polar surface area (TPSA) is 59.8 Å². The van der Waals surface area contributed by atoms with Crippen LogP contribution < -0.4 is 5.32 Å². The van der Waals surface area contributed by atoms with Crippen molar-refractivity contribution in [2.45, 2.75) is 11.3 Å². The largest absolute Gasteiger partial charge is 0.418 e. The van der Waals surface area contributed by atoms with Crippen molar-refractivity contribution < 1.29 is 22.4 Å². The third-order valence-electron chi connectivity index (χ3n) is 4.60. The normalized spacial score (nSPS) is 11.4. The number of carbonyl (C=O) groups excluding carboxylic acids is 1. The first-order valence-electron chi connectivity index (χ1n) is 9.69. The van der Waals surface area contributed by atoms with E-state index in [2.05, 4.69) is 15.5 Å². The molecule has 4 rings (SSSR count). The fourth-order valence-electron chi connectivity index (χ4n) is 3.15. The monoisotopic (exact) mass is 472 g/mol. The fourth-order valence-corrected chi connectivity index (χ4v) is 3.90. The first-order valence-corrected chi connectivity index (χ1v) is 10.7. The maximum absolute atomic E-state index is 14.4. The number of nitrogens with zero attached hydrogens (tertiary/aromatic N) is 3. The second-order valence-corrected chi connectivity index (χ2v) is 7.78. The molecular weight excluding hydrogens is 456 g/mol. The molecule has 1 N–H and O–H groups in total. The number of nitrogens with one attached hydrogen (secondary N) is 1. The summed E-state index contributed by atoms with van der Waals surface area (Å²) in [5.41, 5.74) is -0.389. The predicted octanol–water partition coefficient (Wildman–Crippen LogP) is 5.82. The van der Waals surface area contributed by atoms with Crippen LogP contribution in [0.1, 0.15) is 5.56 Å². The minimum atomic E-state index is -4.60. The van der Waals surface area contributed by atoms with Crippen LogP contribution in [0.5, 0.6) is 0 Å². The van der Waals surface area contributed by atoms with E-state index in [1.54, 1.807) is 47.0 Å². The van der Waals surface area contributed by atoms with Gasteiger partial charge in [-0.25, -0.2) is 4.39 Å². The molecule has 0 aliphatic rings. The molecule has 168 valence electrons. The van der Waals surface area contributed by atoms with E-state index < -0.39 is 23.5 Å². The van der Waals surface area contributed by atoms with Gasteiger partial charge in [-0.15, -0.1) is 10.2 Å². The van der Waals surface area contributed by atoms with Gasteiger partial charge in [-0.3, -0.25) is 9.36 Å². The highest BCUT2D eigenvalue weighted by atomic mass is 32.2. The first kappa shape index (κ1) is 22.5. The Morgan fingerprint density at radius 1 is 0.909 bits per heavy atom. The molecule has 0 aliphatic heterocycles. The van der Waals surface area contributed by atoms with Gasteiger partial charge in [0.25, 0.3) is 0 Å². The number of hydrogen-bond donors (Lipinski definition) is 1. The number of anilines is 1. The molecule has 1 aromatic heterocycles. The summed E-state index contributed by atoms with van der Waals surface area (Å²) in [5.74, 6) is -1.12. The van der Waals surface area contributed by atoms with Crippen LogP contribution >= 0.6 is 11.8 Å². The number of para-hydroxylation sites is 2. The summed E-state index contributed by atoms with van der Waals surface area (Å²) in [7, 11) is 0. The average molecular weight is 472 g/mol. The second-order valence-electron chi connectivity index (χ2n) is 6.84. The Morgan fingerprint density at radius 2 is 1.58 bits per heavy atom. The minimum Gasteiger partial charge on any atom is -0.325 e. The first-order chi connectivity index (χ1) is 15.8. The number of aromatic nitrogens is 3. The van der Waals surface area contributed by atoms with Gasteiger partial charge in [0.05, 0.1) is 22.6 Å². The van der Waals surface area contributed by atoms with E-state index in [4.69, 9.17) is 0 Å². The Balaban J connectivity index is 1.60. The third kappa shape index (κ3) is 5.06. The Bertz CT molecular complexity index is 1270. The van der Waals surface area contributed by atoms with Crippen molar-refractivity contribution in [3.05, 3.63) is 90.2 Å². The van der Waals surface area contributed by atoms with Crippen molar-refractivity contribution in [3.63, 3.8) is 0 Å². The van der Waals surface area contributed by atoms with Gasteiger partial charge in [0, 0.05) is 5.69 Å². The molecule has 0 bridgehead atoms. The maximum Gasteiger partial charge on any atom is 0.418 e. The molecule has 0 spiro atoms. The highest BCUT2D eigenvalue weighted by molar-refractivity contribution is 7.99. The molecule has 0 fully saturated rings. The number of alkyl halides is 3. The zero-order valence-corrected chi connectivity index (χ0v) is 17.7. The van der Waals surface area contributed by atoms with Gasteiger partial charge < -0.3 is 5.32 Å². The molecule has 1 amide bonds. The highest BCUT2D eigenvalue weighted by Crippen LogP contribution is 2.35. The van der Waals surface area contributed by atoms with Crippen LogP contribution in [0, 0.1) is 5.82 Å². The number of halogens is 4. The van der Waals surface area contributed by atoms with E-state index >= 15 is 0 Å². The Labute approximate surface area is 190 Å². The number of amides is 1. The number of hydrogen-bond acceptors (Lipinski definition) is 4. The van der Waals surface area contributed by atoms with Crippen molar-refractivity contribution in [1.29, 1.82) is 0 Å². The second kappa shape index (κ2) is 9.45. The van der Waals surface area contributed by atoms with E-state index in [1.165, 1.54) is 24.3 Å². The van der Waals surface area contributed by atoms with Gasteiger partial charge in [0.1, 0.15) is 5.82 Å². The molecule has 10 heteroatoms. The molecule has 0 aliphatic carbocycles. The van der Waals surface area contributed by atoms with Gasteiger partial charge in [-0.2, -0.15) is 13.2 Å². The Hall–Kier alpha value is -3.66. The molecule has 0 unspecified atom stereocenters. The van der Waals surface area contributed by atoms with Crippen molar-refractivity contribution in [2.24, 2.45) is 0 Å². The van der Waals surface area contributed by atoms with Gasteiger partial charge >= 0.3 is 6.18 Å². The van der Waals surface area contributed by atoms with Gasteiger partial charge in [0.15, 0.2) is 11.0 Å². The molecule has 0 radical (unpaired) electrons. The number of thioether (sulfide) groups is 1. The van der Waals surface area contributed by atoms with Crippen molar-refractivity contribution in [2.75, 3.05) is 11.1 Å². The zero-order valence-electron chi connectivity index (χ0n) is 16.9. The fraction of sp³-hybridized carbons (Fsp3) is 0.0870. The van der Waals surface area contributed by atoms with Crippen LogP contribution in [0.4, 0.5) is 23.2 Å². The van der Waals surface area contributed by atoms with Crippen LogP contribution in [0.25, 0.3) is 17.1 Å². The lowest BCUT2D eigenvalue weighted by molar-refractivity contribution is -0.137. The van der Waals surface area contributed by atoms with Gasteiger partial charge in [0.2, 0.25) is 5.91 Å². The van der Waals surface area contributed by atoms with Crippen molar-refractivity contribution in [3.8, 4) is 17.1 Å².